The minimum atomic E-state index is -0.812. The SMILES string of the molecule is Cc1cc(C)c(C2=NOC3(C2)CC2(c4ccccc4)ON=C(c4c(C)cc(C)cc4C)N2CCN3C)c(C)c1. The predicted octanol–water partition coefficient (Wildman–Crippen LogP) is 6.24. The third-order valence-electron chi connectivity index (χ3n) is 8.71. The zero-order valence-electron chi connectivity index (χ0n) is 24.1. The lowest BCUT2D eigenvalue weighted by atomic mass is 9.86. The Morgan fingerprint density at radius 2 is 1.31 bits per heavy atom. The fourth-order valence-electron chi connectivity index (χ4n) is 7.02. The van der Waals surface area contributed by atoms with Gasteiger partial charge >= 0.3 is 0 Å². The van der Waals surface area contributed by atoms with Crippen LogP contribution in [0.5, 0.6) is 0 Å². The molecule has 1 spiro atoms. The third kappa shape index (κ3) is 4.04. The highest BCUT2D eigenvalue weighted by Gasteiger charge is 2.59. The van der Waals surface area contributed by atoms with Crippen molar-refractivity contribution in [3.05, 3.63) is 105 Å². The van der Waals surface area contributed by atoms with Gasteiger partial charge in [-0.3, -0.25) is 4.90 Å². The van der Waals surface area contributed by atoms with E-state index in [0.717, 1.165) is 35.8 Å². The molecule has 0 bridgehead atoms. The quantitative estimate of drug-likeness (QED) is 0.409. The molecule has 3 aliphatic rings. The molecule has 0 N–H and O–H groups in total. The number of rotatable bonds is 3. The van der Waals surface area contributed by atoms with Gasteiger partial charge in [-0.15, -0.1) is 0 Å². The Hall–Kier alpha value is -3.64. The van der Waals surface area contributed by atoms with Crippen molar-refractivity contribution in [3.63, 3.8) is 0 Å². The number of oxime groups is 2. The minimum Gasteiger partial charge on any atom is -0.372 e. The van der Waals surface area contributed by atoms with E-state index in [2.05, 4.69) is 107 Å². The molecule has 202 valence electrons. The summed E-state index contributed by atoms with van der Waals surface area (Å²) >= 11 is 0. The van der Waals surface area contributed by atoms with Crippen molar-refractivity contribution in [2.24, 2.45) is 10.3 Å². The van der Waals surface area contributed by atoms with Crippen LogP contribution in [-0.2, 0) is 15.4 Å². The van der Waals surface area contributed by atoms with E-state index in [1.165, 1.54) is 38.9 Å². The molecule has 6 nitrogen and oxygen atoms in total. The molecule has 3 heterocycles. The van der Waals surface area contributed by atoms with Crippen molar-refractivity contribution >= 4 is 11.5 Å². The minimum absolute atomic E-state index is 0.564. The molecule has 6 rings (SSSR count). The molecule has 0 saturated carbocycles. The monoisotopic (exact) mass is 522 g/mol. The van der Waals surface area contributed by atoms with Crippen LogP contribution in [0.3, 0.4) is 0 Å². The fourth-order valence-corrected chi connectivity index (χ4v) is 7.02. The van der Waals surface area contributed by atoms with E-state index >= 15 is 0 Å². The highest BCUT2D eigenvalue weighted by molar-refractivity contribution is 6.04. The predicted molar refractivity (Wildman–Crippen MR) is 156 cm³/mol. The second-order valence-electron chi connectivity index (χ2n) is 11.7. The van der Waals surface area contributed by atoms with Crippen molar-refractivity contribution in [2.75, 3.05) is 20.1 Å². The molecule has 0 amide bonds. The number of amidine groups is 1. The first-order valence-electron chi connectivity index (χ1n) is 13.9. The molecule has 2 unspecified atom stereocenters. The van der Waals surface area contributed by atoms with E-state index in [4.69, 9.17) is 20.0 Å². The van der Waals surface area contributed by atoms with Crippen LogP contribution in [0.4, 0.5) is 0 Å². The highest BCUT2D eigenvalue weighted by Crippen LogP contribution is 2.49. The Bertz CT molecular complexity index is 1470. The van der Waals surface area contributed by atoms with E-state index < -0.39 is 11.4 Å². The first-order chi connectivity index (χ1) is 18.6. The highest BCUT2D eigenvalue weighted by atomic mass is 16.7. The number of benzene rings is 3. The van der Waals surface area contributed by atoms with E-state index in [1.807, 2.05) is 6.07 Å². The van der Waals surface area contributed by atoms with Crippen LogP contribution in [0.2, 0.25) is 0 Å². The van der Waals surface area contributed by atoms with Crippen molar-refractivity contribution in [2.45, 2.75) is 65.8 Å². The summed E-state index contributed by atoms with van der Waals surface area (Å²) in [7, 11) is 2.15. The number of likely N-dealkylation sites (N-methyl/N-ethyl adjacent to an activating group) is 1. The first kappa shape index (κ1) is 25.6. The van der Waals surface area contributed by atoms with Gasteiger partial charge in [0.05, 0.1) is 18.6 Å². The summed E-state index contributed by atoms with van der Waals surface area (Å²) in [6.45, 7) is 14.5. The Morgan fingerprint density at radius 3 is 1.92 bits per heavy atom. The lowest BCUT2D eigenvalue weighted by Crippen LogP contribution is -2.52. The summed E-state index contributed by atoms with van der Waals surface area (Å²) in [5, 5.41) is 9.56. The Kier molecular flexibility index (Phi) is 6.07. The molecule has 2 atom stereocenters. The summed E-state index contributed by atoms with van der Waals surface area (Å²) in [5.74, 6) is 0.892. The van der Waals surface area contributed by atoms with Crippen LogP contribution in [0, 0.1) is 41.5 Å². The summed E-state index contributed by atoms with van der Waals surface area (Å²) < 4.78 is 0. The molecule has 39 heavy (non-hydrogen) atoms. The summed E-state index contributed by atoms with van der Waals surface area (Å²) in [4.78, 5) is 17.8. The zero-order valence-corrected chi connectivity index (χ0v) is 24.1. The topological polar surface area (TPSA) is 49.7 Å². The van der Waals surface area contributed by atoms with E-state index in [0.29, 0.717) is 12.8 Å². The molecule has 0 aromatic heterocycles. The summed E-state index contributed by atoms with van der Waals surface area (Å²) in [5.41, 5.74) is 10.3. The van der Waals surface area contributed by atoms with Crippen molar-refractivity contribution in [1.29, 1.82) is 0 Å². The average molecular weight is 523 g/mol. The number of fused-ring (bicyclic) bond motifs is 1. The number of hydrogen-bond donors (Lipinski definition) is 0. The lowest BCUT2D eigenvalue weighted by molar-refractivity contribution is -0.188. The maximum absolute atomic E-state index is 6.61. The molecule has 1 saturated heterocycles. The Labute approximate surface area is 231 Å². The maximum atomic E-state index is 6.61. The van der Waals surface area contributed by atoms with Crippen molar-refractivity contribution in [1.82, 2.24) is 9.80 Å². The zero-order chi connectivity index (χ0) is 27.5. The van der Waals surface area contributed by atoms with Gasteiger partial charge in [0.2, 0.25) is 11.4 Å². The van der Waals surface area contributed by atoms with E-state index in [1.54, 1.807) is 0 Å². The molecule has 3 aliphatic heterocycles. The van der Waals surface area contributed by atoms with Crippen molar-refractivity contribution < 1.29 is 9.68 Å². The second kappa shape index (κ2) is 9.23. The molecule has 6 heteroatoms. The Balaban J connectivity index is 1.43. The lowest BCUT2D eigenvalue weighted by Gasteiger charge is -2.40. The Morgan fingerprint density at radius 1 is 0.718 bits per heavy atom. The largest absolute Gasteiger partial charge is 0.372 e. The van der Waals surface area contributed by atoms with Crippen LogP contribution >= 0.6 is 0 Å². The van der Waals surface area contributed by atoms with E-state index in [-0.39, 0.29) is 0 Å². The van der Waals surface area contributed by atoms with E-state index in [9.17, 15) is 0 Å². The second-order valence-corrected chi connectivity index (χ2v) is 11.7. The van der Waals surface area contributed by atoms with Crippen molar-refractivity contribution in [3.8, 4) is 0 Å². The van der Waals surface area contributed by atoms with Gasteiger partial charge in [0, 0.05) is 29.8 Å². The number of hydrogen-bond acceptors (Lipinski definition) is 6. The summed E-state index contributed by atoms with van der Waals surface area (Å²) in [6.07, 6.45) is 1.24. The van der Waals surface area contributed by atoms with Gasteiger partial charge in [-0.2, -0.15) is 0 Å². The average Bonchev–Trinajstić information content (AvgIpc) is 3.42. The van der Waals surface area contributed by atoms with Gasteiger partial charge in [0.15, 0.2) is 5.84 Å². The molecule has 3 aromatic carbocycles. The van der Waals surface area contributed by atoms with Gasteiger partial charge in [-0.05, 0) is 70.8 Å². The van der Waals surface area contributed by atoms with Gasteiger partial charge in [-0.1, -0.05) is 76.0 Å². The molecular weight excluding hydrogens is 484 g/mol. The number of nitrogens with zero attached hydrogens (tertiary/aromatic N) is 4. The van der Waals surface area contributed by atoms with Crippen LogP contribution in [0.15, 0.2) is 64.9 Å². The smallest absolute Gasteiger partial charge is 0.242 e. The van der Waals surface area contributed by atoms with Crippen LogP contribution in [0.1, 0.15) is 62.9 Å². The van der Waals surface area contributed by atoms with Crippen LogP contribution < -0.4 is 0 Å². The molecular formula is C33H38N4O2. The van der Waals surface area contributed by atoms with Gasteiger partial charge in [0.1, 0.15) is 0 Å². The third-order valence-corrected chi connectivity index (χ3v) is 8.71. The maximum Gasteiger partial charge on any atom is 0.242 e. The van der Waals surface area contributed by atoms with Crippen LogP contribution in [-0.4, -0.2) is 47.2 Å². The molecule has 0 aliphatic carbocycles. The molecule has 3 aromatic rings. The molecule has 1 fully saturated rings. The first-order valence-corrected chi connectivity index (χ1v) is 13.9. The number of aryl methyl sites for hydroxylation is 6. The van der Waals surface area contributed by atoms with Crippen LogP contribution in [0.25, 0.3) is 0 Å². The normalized spacial score (nSPS) is 24.6. The van der Waals surface area contributed by atoms with Gasteiger partial charge in [-0.25, -0.2) is 0 Å². The standard InChI is InChI=1S/C33H38N4O2/c1-21-15-23(3)29(24(4)16-21)28-19-32(38-34-28)20-33(27-11-9-8-10-12-27)37(14-13-36(32)7)31(35-39-33)30-25(5)17-22(2)18-26(30)6/h8-12,15-18H,13-14,19-20H2,1-7H3. The molecule has 0 radical (unpaired) electrons. The van der Waals surface area contributed by atoms with Gasteiger partial charge < -0.3 is 14.6 Å². The fraction of sp³-hybridized carbons (Fsp3) is 0.394. The van der Waals surface area contributed by atoms with Gasteiger partial charge in [0.25, 0.3) is 0 Å². The summed E-state index contributed by atoms with van der Waals surface area (Å²) in [6, 6.07) is 19.4.